The van der Waals surface area contributed by atoms with Gasteiger partial charge in [-0.15, -0.1) is 0 Å². The van der Waals surface area contributed by atoms with Crippen LogP contribution in [0.5, 0.6) is 5.75 Å². The number of rotatable bonds is 13. The number of nitrogens with zero attached hydrogens (tertiary/aromatic N) is 5. The summed E-state index contributed by atoms with van der Waals surface area (Å²) in [5.41, 5.74) is 2.01. The van der Waals surface area contributed by atoms with Gasteiger partial charge in [-0.2, -0.15) is 5.10 Å². The van der Waals surface area contributed by atoms with Gasteiger partial charge in [0.2, 0.25) is 5.75 Å². The number of hydrogen-bond donors (Lipinski definition) is 2. The van der Waals surface area contributed by atoms with Crippen molar-refractivity contribution in [3.63, 3.8) is 0 Å². The summed E-state index contributed by atoms with van der Waals surface area (Å²) in [6.07, 6.45) is 4.94. The van der Waals surface area contributed by atoms with Crippen LogP contribution in [0, 0.1) is 12.8 Å². The van der Waals surface area contributed by atoms with E-state index in [1.54, 1.807) is 7.11 Å². The third-order valence-corrected chi connectivity index (χ3v) is 8.55. The maximum absolute atomic E-state index is 12.7. The lowest BCUT2D eigenvalue weighted by Crippen LogP contribution is -2.47. The predicted octanol–water partition coefficient (Wildman–Crippen LogP) is 4.87. The monoisotopic (exact) mass is 579 g/mol. The van der Waals surface area contributed by atoms with Crippen molar-refractivity contribution in [1.29, 1.82) is 0 Å². The van der Waals surface area contributed by atoms with Gasteiger partial charge in [0, 0.05) is 68.8 Å². The van der Waals surface area contributed by atoms with Crippen LogP contribution in [0.1, 0.15) is 43.9 Å². The Morgan fingerprint density at radius 1 is 1.12 bits per heavy atom. The van der Waals surface area contributed by atoms with Gasteiger partial charge in [-0.25, -0.2) is 9.97 Å². The van der Waals surface area contributed by atoms with Gasteiger partial charge >= 0.3 is 0 Å². The van der Waals surface area contributed by atoms with Gasteiger partial charge in [-0.05, 0) is 56.1 Å². The van der Waals surface area contributed by atoms with Crippen molar-refractivity contribution in [3.05, 3.63) is 41.6 Å². The summed E-state index contributed by atoms with van der Waals surface area (Å²) in [5, 5.41) is 11.3. The van der Waals surface area contributed by atoms with Crippen LogP contribution in [-0.2, 0) is 16.0 Å². The van der Waals surface area contributed by atoms with E-state index >= 15 is 0 Å². The van der Waals surface area contributed by atoms with Gasteiger partial charge < -0.3 is 19.7 Å². The quantitative estimate of drug-likeness (QED) is 0.272. The van der Waals surface area contributed by atoms with E-state index in [1.165, 1.54) is 24.6 Å². The molecule has 11 heteroatoms. The van der Waals surface area contributed by atoms with Crippen LogP contribution in [0.3, 0.4) is 0 Å². The van der Waals surface area contributed by atoms with E-state index < -0.39 is 0 Å². The number of aryl methyl sites for hydroxylation is 1. The van der Waals surface area contributed by atoms with Gasteiger partial charge in [0.1, 0.15) is 5.78 Å². The Bertz CT molecular complexity index is 1290. The molecule has 220 valence electrons. The predicted molar refractivity (Wildman–Crippen MR) is 162 cm³/mol. The normalized spacial score (nSPS) is 16.3. The van der Waals surface area contributed by atoms with E-state index in [-0.39, 0.29) is 5.92 Å². The van der Waals surface area contributed by atoms with Crippen molar-refractivity contribution in [1.82, 2.24) is 25.1 Å². The number of carbonyl (C=O) groups excluding carboxylic acids is 1. The third-order valence-electron chi connectivity index (χ3n) is 7.67. The molecule has 1 aliphatic heterocycles. The number of ketones is 1. The molecule has 5 rings (SSSR count). The maximum Gasteiger partial charge on any atom is 0.205 e. The number of aromatic amines is 1. The fourth-order valence-corrected chi connectivity index (χ4v) is 6.17. The zero-order chi connectivity index (χ0) is 28.6. The number of nitrogens with one attached hydrogen (secondary N) is 2. The smallest absolute Gasteiger partial charge is 0.205 e. The molecule has 1 saturated carbocycles. The number of anilines is 3. The maximum atomic E-state index is 12.7. The fourth-order valence-electron chi connectivity index (χ4n) is 5.42. The highest BCUT2D eigenvalue weighted by atomic mass is 32.2. The summed E-state index contributed by atoms with van der Waals surface area (Å²) in [7, 11) is 1.74. The summed E-state index contributed by atoms with van der Waals surface area (Å²) in [4.78, 5) is 28.3. The van der Waals surface area contributed by atoms with Crippen LogP contribution in [0.2, 0.25) is 0 Å². The second kappa shape index (κ2) is 14.2. The van der Waals surface area contributed by atoms with Gasteiger partial charge in [-0.1, -0.05) is 25.0 Å². The van der Waals surface area contributed by atoms with Crippen LogP contribution < -0.4 is 15.0 Å². The molecule has 0 amide bonds. The van der Waals surface area contributed by atoms with Gasteiger partial charge in [0.15, 0.2) is 22.6 Å². The minimum absolute atomic E-state index is 0.241. The fraction of sp³-hybridized carbons (Fsp3) is 0.533. The van der Waals surface area contributed by atoms with E-state index in [0.29, 0.717) is 41.4 Å². The summed E-state index contributed by atoms with van der Waals surface area (Å²) in [6, 6.07) is 10.1. The topological polar surface area (TPSA) is 108 Å². The molecule has 0 spiro atoms. The highest BCUT2D eigenvalue weighted by Gasteiger charge is 2.26. The number of piperazine rings is 1. The van der Waals surface area contributed by atoms with Gasteiger partial charge in [0.05, 0.1) is 13.2 Å². The first-order chi connectivity index (χ1) is 20.0. The summed E-state index contributed by atoms with van der Waals surface area (Å²) < 4.78 is 11.4. The van der Waals surface area contributed by atoms with Crippen molar-refractivity contribution in [2.45, 2.75) is 56.0 Å². The minimum atomic E-state index is 0.241. The van der Waals surface area contributed by atoms with Gasteiger partial charge in [0.25, 0.3) is 0 Å². The number of aromatic nitrogens is 4. The minimum Gasteiger partial charge on any atom is -0.487 e. The Hall–Kier alpha value is -3.15. The SMILES string of the molecule is CCOc1c(Nc2cc(C)[nH]n2)nc(Sc2ccc(CC(=O)C3CCCC3)cc2)nc1N1CCN(CCOC)CC1. The number of methoxy groups -OCH3 is 1. The summed E-state index contributed by atoms with van der Waals surface area (Å²) >= 11 is 1.50. The molecule has 0 atom stereocenters. The first-order valence-corrected chi connectivity index (χ1v) is 15.4. The molecule has 1 saturated heterocycles. The van der Waals surface area contributed by atoms with Crippen LogP contribution in [0.15, 0.2) is 40.4 Å². The summed E-state index contributed by atoms with van der Waals surface area (Å²) in [6.45, 7) is 9.56. The zero-order valence-corrected chi connectivity index (χ0v) is 25.1. The number of ether oxygens (including phenoxy) is 2. The summed E-state index contributed by atoms with van der Waals surface area (Å²) in [5.74, 6) is 3.28. The van der Waals surface area contributed by atoms with Crippen molar-refractivity contribution >= 4 is 35.0 Å². The molecule has 0 unspecified atom stereocenters. The molecule has 2 aliphatic rings. The number of Topliss-reactive ketones (excluding diaryl/α,β-unsaturated/α-hetero) is 1. The molecule has 0 bridgehead atoms. The molecule has 10 nitrogen and oxygen atoms in total. The third kappa shape index (κ3) is 7.78. The van der Waals surface area contributed by atoms with E-state index in [4.69, 9.17) is 19.4 Å². The lowest BCUT2D eigenvalue weighted by atomic mass is 9.97. The lowest BCUT2D eigenvalue weighted by molar-refractivity contribution is -0.122. The molecule has 0 radical (unpaired) electrons. The Labute approximate surface area is 246 Å². The average Bonchev–Trinajstić information content (AvgIpc) is 3.67. The molecule has 2 fully saturated rings. The van der Waals surface area contributed by atoms with Crippen LogP contribution in [-0.4, -0.2) is 83.9 Å². The van der Waals surface area contributed by atoms with Crippen LogP contribution >= 0.6 is 11.8 Å². The molecule has 1 aliphatic carbocycles. The second-order valence-corrected chi connectivity index (χ2v) is 11.7. The largest absolute Gasteiger partial charge is 0.487 e. The Balaban J connectivity index is 1.38. The molecule has 2 aromatic heterocycles. The standard InChI is InChI=1S/C30H41N7O3S/c1-4-40-27-28(31-26-19-21(2)34-35-26)32-30(33-29(27)37-15-13-36(14-16-37)17-18-39-3)41-24-11-9-22(10-12-24)20-25(38)23-7-5-6-8-23/h9-12,19,23H,4-8,13-18,20H2,1-3H3,(H2,31,32,33,34,35). The molecule has 2 N–H and O–H groups in total. The van der Waals surface area contributed by atoms with Crippen molar-refractivity contribution in [2.24, 2.45) is 5.92 Å². The number of benzene rings is 1. The Kier molecular flexibility index (Phi) is 10.1. The molecule has 3 aromatic rings. The number of H-pyrrole nitrogens is 1. The first kappa shape index (κ1) is 29.3. The highest BCUT2D eigenvalue weighted by Crippen LogP contribution is 2.39. The van der Waals surface area contributed by atoms with Crippen molar-refractivity contribution < 1.29 is 14.3 Å². The number of carbonyl (C=O) groups is 1. The molecule has 41 heavy (non-hydrogen) atoms. The average molecular weight is 580 g/mol. The highest BCUT2D eigenvalue weighted by molar-refractivity contribution is 7.99. The zero-order valence-electron chi connectivity index (χ0n) is 24.3. The molecular formula is C30H41N7O3S. The van der Waals surface area contributed by atoms with E-state index in [2.05, 4.69) is 49.6 Å². The van der Waals surface area contributed by atoms with Crippen LogP contribution in [0.4, 0.5) is 17.5 Å². The second-order valence-electron chi connectivity index (χ2n) is 10.7. The molecule has 1 aromatic carbocycles. The van der Waals surface area contributed by atoms with Crippen LogP contribution in [0.25, 0.3) is 0 Å². The lowest BCUT2D eigenvalue weighted by Gasteiger charge is -2.36. The first-order valence-electron chi connectivity index (χ1n) is 14.6. The van der Waals surface area contributed by atoms with Gasteiger partial charge in [-0.3, -0.25) is 14.8 Å². The van der Waals surface area contributed by atoms with E-state index in [9.17, 15) is 4.79 Å². The molecular weight excluding hydrogens is 538 g/mol. The van der Waals surface area contributed by atoms with Crippen molar-refractivity contribution in [2.75, 3.05) is 63.3 Å². The number of hydrogen-bond acceptors (Lipinski definition) is 10. The van der Waals surface area contributed by atoms with E-state index in [1.807, 2.05) is 19.9 Å². The van der Waals surface area contributed by atoms with E-state index in [0.717, 1.165) is 74.1 Å². The Morgan fingerprint density at radius 3 is 2.54 bits per heavy atom. The van der Waals surface area contributed by atoms with Crippen molar-refractivity contribution in [3.8, 4) is 5.75 Å². The Morgan fingerprint density at radius 2 is 1.88 bits per heavy atom. The molecule has 3 heterocycles.